The van der Waals surface area contributed by atoms with Gasteiger partial charge in [-0.05, 0) is 61.1 Å². The first kappa shape index (κ1) is 24.4. The topological polar surface area (TPSA) is 112 Å². The molecule has 188 valence electrons. The fraction of sp³-hybridized carbons (Fsp3) is 0.391. The van der Waals surface area contributed by atoms with Crippen molar-refractivity contribution in [2.45, 2.75) is 56.5 Å². The van der Waals surface area contributed by atoms with Crippen molar-refractivity contribution in [3.8, 4) is 23.0 Å². The Bertz CT molecular complexity index is 1110. The van der Waals surface area contributed by atoms with E-state index in [1.54, 1.807) is 0 Å². The molecule has 35 heavy (non-hydrogen) atoms. The quantitative estimate of drug-likeness (QED) is 0.572. The SMILES string of the molecule is C.O=C(O)C1(c2ccc3c(c2)OC(F)(F)O3)CC1.O=C(O)C1(c2ccc3c(c2)OC(F)(F)O3)CC1. The molecule has 0 aromatic heterocycles. The van der Waals surface area contributed by atoms with Gasteiger partial charge in [-0.3, -0.25) is 9.59 Å². The first-order valence-electron chi connectivity index (χ1n) is 10.1. The molecule has 0 bridgehead atoms. The van der Waals surface area contributed by atoms with Gasteiger partial charge in [0.05, 0.1) is 10.8 Å². The molecule has 2 aromatic carbocycles. The lowest BCUT2D eigenvalue weighted by Crippen LogP contribution is -2.26. The first-order valence-corrected chi connectivity index (χ1v) is 10.1. The van der Waals surface area contributed by atoms with Crippen molar-refractivity contribution in [2.24, 2.45) is 0 Å². The molecule has 0 radical (unpaired) electrons. The molecule has 4 aliphatic rings. The van der Waals surface area contributed by atoms with Crippen molar-refractivity contribution >= 4 is 11.9 Å². The summed E-state index contributed by atoms with van der Waals surface area (Å²) in [6.07, 6.45) is -5.28. The van der Waals surface area contributed by atoms with Crippen LogP contribution < -0.4 is 18.9 Å². The van der Waals surface area contributed by atoms with Crippen LogP contribution in [0.2, 0.25) is 0 Å². The van der Waals surface area contributed by atoms with E-state index in [4.69, 9.17) is 10.2 Å². The zero-order valence-electron chi connectivity index (χ0n) is 17.1. The van der Waals surface area contributed by atoms with E-state index in [2.05, 4.69) is 18.9 Å². The summed E-state index contributed by atoms with van der Waals surface area (Å²) in [6, 6.07) is 8.24. The molecule has 2 fully saturated rings. The second kappa shape index (κ2) is 7.65. The van der Waals surface area contributed by atoms with Gasteiger partial charge in [-0.15, -0.1) is 17.6 Å². The maximum atomic E-state index is 12.8. The number of carboxylic acids is 2. The number of benzene rings is 2. The highest BCUT2D eigenvalue weighted by Gasteiger charge is 2.54. The van der Waals surface area contributed by atoms with E-state index in [0.29, 0.717) is 36.8 Å². The van der Waals surface area contributed by atoms with Crippen molar-refractivity contribution in [3.63, 3.8) is 0 Å². The van der Waals surface area contributed by atoms with Crippen LogP contribution in [0.3, 0.4) is 0 Å². The minimum atomic E-state index is -3.67. The van der Waals surface area contributed by atoms with Crippen LogP contribution in [-0.4, -0.2) is 34.7 Å². The van der Waals surface area contributed by atoms with Gasteiger partial charge in [0, 0.05) is 0 Å². The number of rotatable bonds is 4. The highest BCUT2D eigenvalue weighted by atomic mass is 19.3. The molecule has 0 atom stereocenters. The fourth-order valence-corrected chi connectivity index (χ4v) is 4.00. The second-order valence-corrected chi connectivity index (χ2v) is 8.43. The third-order valence-electron chi connectivity index (χ3n) is 6.23. The molecule has 6 rings (SSSR count). The van der Waals surface area contributed by atoms with Crippen LogP contribution in [0.25, 0.3) is 0 Å². The number of carboxylic acid groups (broad SMARTS) is 2. The Kier molecular flexibility index (Phi) is 5.34. The third kappa shape index (κ3) is 4.17. The summed E-state index contributed by atoms with van der Waals surface area (Å²) in [5.41, 5.74) is -0.915. The Morgan fingerprint density at radius 3 is 1.23 bits per heavy atom. The number of ether oxygens (including phenoxy) is 4. The number of hydrogen-bond donors (Lipinski definition) is 2. The summed E-state index contributed by atoms with van der Waals surface area (Å²) in [7, 11) is 0. The van der Waals surface area contributed by atoms with Crippen molar-refractivity contribution in [2.75, 3.05) is 0 Å². The van der Waals surface area contributed by atoms with Gasteiger partial charge in [-0.2, -0.15) is 0 Å². The van der Waals surface area contributed by atoms with Gasteiger partial charge in [0.2, 0.25) is 0 Å². The van der Waals surface area contributed by atoms with Gasteiger partial charge in [0.25, 0.3) is 0 Å². The zero-order valence-corrected chi connectivity index (χ0v) is 17.1. The minimum Gasteiger partial charge on any atom is -0.481 e. The summed E-state index contributed by atoms with van der Waals surface area (Å²) >= 11 is 0. The Hall–Kier alpha value is -3.70. The smallest absolute Gasteiger partial charge is 0.481 e. The maximum absolute atomic E-state index is 12.8. The Morgan fingerprint density at radius 1 is 0.629 bits per heavy atom. The van der Waals surface area contributed by atoms with Gasteiger partial charge in [-0.1, -0.05) is 19.6 Å². The van der Waals surface area contributed by atoms with E-state index in [1.165, 1.54) is 36.4 Å². The van der Waals surface area contributed by atoms with E-state index in [-0.39, 0.29) is 30.4 Å². The zero-order chi connectivity index (χ0) is 24.5. The molecule has 2 aliphatic heterocycles. The molecule has 2 aromatic rings. The number of carbonyl (C=O) groups is 2. The van der Waals surface area contributed by atoms with Crippen LogP contribution in [0.4, 0.5) is 17.6 Å². The lowest BCUT2D eigenvalue weighted by molar-refractivity contribution is -0.287. The van der Waals surface area contributed by atoms with E-state index >= 15 is 0 Å². The van der Waals surface area contributed by atoms with Gasteiger partial charge < -0.3 is 29.2 Å². The van der Waals surface area contributed by atoms with Crippen LogP contribution >= 0.6 is 0 Å². The Morgan fingerprint density at radius 2 is 0.943 bits per heavy atom. The van der Waals surface area contributed by atoms with E-state index in [9.17, 15) is 27.2 Å². The predicted octanol–water partition coefficient (Wildman–Crippen LogP) is 4.88. The van der Waals surface area contributed by atoms with Crippen LogP contribution in [-0.2, 0) is 20.4 Å². The number of aliphatic carboxylic acids is 2. The van der Waals surface area contributed by atoms with Crippen molar-refractivity contribution in [1.82, 2.24) is 0 Å². The van der Waals surface area contributed by atoms with Crippen LogP contribution in [0, 0.1) is 0 Å². The molecule has 0 amide bonds. The largest absolute Gasteiger partial charge is 0.586 e. The molecule has 2 aliphatic carbocycles. The molecule has 8 nitrogen and oxygen atoms in total. The van der Waals surface area contributed by atoms with Gasteiger partial charge in [-0.25, -0.2) is 0 Å². The standard InChI is InChI=1S/2C11H8F2O4.CH4/c2*12-11(13)16-7-2-1-6(5-8(7)17-11)10(3-4-10)9(14)15;/h2*1-2,5H,3-4H2,(H,14,15);1H4. The monoisotopic (exact) mass is 500 g/mol. The Balaban J connectivity index is 0.000000160. The average Bonchev–Trinajstić information content (AvgIpc) is 3.63. The average molecular weight is 500 g/mol. The first-order chi connectivity index (χ1) is 15.9. The van der Waals surface area contributed by atoms with Crippen molar-refractivity contribution in [1.29, 1.82) is 0 Å². The minimum absolute atomic E-state index is 0. The van der Waals surface area contributed by atoms with Crippen LogP contribution in [0.5, 0.6) is 23.0 Å². The second-order valence-electron chi connectivity index (χ2n) is 8.43. The van der Waals surface area contributed by atoms with Crippen molar-refractivity contribution in [3.05, 3.63) is 47.5 Å². The van der Waals surface area contributed by atoms with E-state index < -0.39 is 35.4 Å². The number of fused-ring (bicyclic) bond motifs is 2. The third-order valence-corrected chi connectivity index (χ3v) is 6.23. The van der Waals surface area contributed by atoms with Crippen molar-refractivity contribution < 1.29 is 56.3 Å². The summed E-state index contributed by atoms with van der Waals surface area (Å²) in [5, 5.41) is 18.2. The highest BCUT2D eigenvalue weighted by Crippen LogP contribution is 2.53. The van der Waals surface area contributed by atoms with E-state index in [1.807, 2.05) is 0 Å². The summed E-state index contributed by atoms with van der Waals surface area (Å²) in [6.45, 7) is 0. The van der Waals surface area contributed by atoms with E-state index in [0.717, 1.165) is 0 Å². The summed E-state index contributed by atoms with van der Waals surface area (Å²) in [5.74, 6) is -2.24. The van der Waals surface area contributed by atoms with Crippen LogP contribution in [0.1, 0.15) is 44.2 Å². The molecular formula is C23H20F4O8. The molecule has 12 heteroatoms. The van der Waals surface area contributed by atoms with Gasteiger partial charge in [0.1, 0.15) is 0 Å². The highest BCUT2D eigenvalue weighted by molar-refractivity contribution is 5.85. The molecule has 0 spiro atoms. The lowest BCUT2D eigenvalue weighted by atomic mass is 9.96. The summed E-state index contributed by atoms with van der Waals surface area (Å²) < 4.78 is 68.2. The fourth-order valence-electron chi connectivity index (χ4n) is 4.00. The molecule has 0 saturated heterocycles. The number of halogens is 4. The van der Waals surface area contributed by atoms with Gasteiger partial charge >= 0.3 is 24.5 Å². The lowest BCUT2D eigenvalue weighted by Gasteiger charge is -2.10. The number of alkyl halides is 4. The van der Waals surface area contributed by atoms with Crippen LogP contribution in [0.15, 0.2) is 36.4 Å². The molecule has 2 N–H and O–H groups in total. The molecular weight excluding hydrogens is 480 g/mol. The number of hydrogen-bond acceptors (Lipinski definition) is 6. The predicted molar refractivity (Wildman–Crippen MR) is 109 cm³/mol. The molecule has 2 saturated carbocycles. The van der Waals surface area contributed by atoms with Gasteiger partial charge in [0.15, 0.2) is 23.0 Å². The normalized spacial score (nSPS) is 21.6. The molecule has 2 heterocycles. The molecule has 0 unspecified atom stereocenters. The maximum Gasteiger partial charge on any atom is 0.586 e. The summed E-state index contributed by atoms with van der Waals surface area (Å²) in [4.78, 5) is 22.2. The Labute approximate surface area is 196 Å².